The topological polar surface area (TPSA) is 106 Å². The highest BCUT2D eigenvalue weighted by atomic mass is 16.7. The van der Waals surface area contributed by atoms with Crippen molar-refractivity contribution in [3.05, 3.63) is 23.8 Å². The van der Waals surface area contributed by atoms with Gasteiger partial charge in [-0.15, -0.1) is 0 Å². The van der Waals surface area contributed by atoms with E-state index in [9.17, 15) is 4.79 Å². The van der Waals surface area contributed by atoms with E-state index in [0.717, 1.165) is 5.56 Å². The molecule has 0 spiro atoms. The maximum absolute atomic E-state index is 11.4. The molecular weight excluding hydrogens is 238 g/mol. The van der Waals surface area contributed by atoms with E-state index in [4.69, 9.17) is 20.4 Å². The summed E-state index contributed by atoms with van der Waals surface area (Å²) in [6, 6.07) is 5.41. The summed E-state index contributed by atoms with van der Waals surface area (Å²) in [4.78, 5) is 11.4. The van der Waals surface area contributed by atoms with Crippen LogP contribution >= 0.6 is 0 Å². The molecule has 1 aliphatic rings. The molecule has 1 aliphatic heterocycles. The molecule has 1 amide bonds. The molecule has 0 atom stereocenters. The molecule has 0 saturated heterocycles. The molecule has 18 heavy (non-hydrogen) atoms. The van der Waals surface area contributed by atoms with Crippen LogP contribution in [0.15, 0.2) is 23.4 Å². The lowest BCUT2D eigenvalue weighted by Gasteiger charge is -2.05. The van der Waals surface area contributed by atoms with Gasteiger partial charge in [-0.25, -0.2) is 0 Å². The SMILES string of the molecule is NC(CC(=O)NCc1ccc2c(c1)OCO2)=NO. The summed E-state index contributed by atoms with van der Waals surface area (Å²) in [6.07, 6.45) is -0.138. The van der Waals surface area contributed by atoms with E-state index in [1.807, 2.05) is 6.07 Å². The molecule has 0 aliphatic carbocycles. The van der Waals surface area contributed by atoms with Crippen molar-refractivity contribution in [3.8, 4) is 11.5 Å². The number of carbonyl (C=O) groups is 1. The van der Waals surface area contributed by atoms with E-state index >= 15 is 0 Å². The second kappa shape index (κ2) is 5.26. The van der Waals surface area contributed by atoms with Crippen LogP contribution < -0.4 is 20.5 Å². The largest absolute Gasteiger partial charge is 0.454 e. The fourth-order valence-corrected chi connectivity index (χ4v) is 1.51. The number of fused-ring (bicyclic) bond motifs is 1. The minimum atomic E-state index is -0.317. The van der Waals surface area contributed by atoms with Gasteiger partial charge in [-0.3, -0.25) is 4.79 Å². The summed E-state index contributed by atoms with van der Waals surface area (Å²) in [6.45, 7) is 0.558. The molecule has 1 heterocycles. The van der Waals surface area contributed by atoms with Gasteiger partial charge >= 0.3 is 0 Å². The third kappa shape index (κ3) is 2.82. The van der Waals surface area contributed by atoms with E-state index in [2.05, 4.69) is 10.5 Å². The first-order valence-electron chi connectivity index (χ1n) is 5.30. The van der Waals surface area contributed by atoms with Gasteiger partial charge in [0.05, 0.1) is 6.42 Å². The average molecular weight is 251 g/mol. The Kier molecular flexibility index (Phi) is 3.52. The van der Waals surface area contributed by atoms with E-state index < -0.39 is 0 Å². The van der Waals surface area contributed by atoms with Crippen LogP contribution in [-0.4, -0.2) is 23.7 Å². The summed E-state index contributed by atoms with van der Waals surface area (Å²) >= 11 is 0. The van der Waals surface area contributed by atoms with Gasteiger partial charge in [0.15, 0.2) is 11.5 Å². The molecule has 0 radical (unpaired) electrons. The van der Waals surface area contributed by atoms with Gasteiger partial charge in [0.1, 0.15) is 5.84 Å². The average Bonchev–Trinajstić information content (AvgIpc) is 2.83. The van der Waals surface area contributed by atoms with Crippen molar-refractivity contribution in [3.63, 3.8) is 0 Å². The van der Waals surface area contributed by atoms with Gasteiger partial charge < -0.3 is 25.7 Å². The van der Waals surface area contributed by atoms with Crippen LogP contribution in [0.25, 0.3) is 0 Å². The Morgan fingerprint density at radius 3 is 3.00 bits per heavy atom. The molecule has 7 heteroatoms. The quantitative estimate of drug-likeness (QED) is 0.306. The molecule has 0 fully saturated rings. The number of hydrogen-bond donors (Lipinski definition) is 3. The number of oxime groups is 1. The fourth-order valence-electron chi connectivity index (χ4n) is 1.51. The normalized spacial score (nSPS) is 13.4. The third-order valence-corrected chi connectivity index (χ3v) is 2.40. The number of rotatable bonds is 4. The first-order valence-corrected chi connectivity index (χ1v) is 5.30. The molecular formula is C11H13N3O4. The fraction of sp³-hybridized carbons (Fsp3) is 0.273. The van der Waals surface area contributed by atoms with Crippen LogP contribution in [-0.2, 0) is 11.3 Å². The third-order valence-electron chi connectivity index (χ3n) is 2.40. The Labute approximate surface area is 103 Å². The number of hydrogen-bond acceptors (Lipinski definition) is 5. The number of benzene rings is 1. The van der Waals surface area contributed by atoms with Gasteiger partial charge in [-0.1, -0.05) is 11.2 Å². The number of nitrogens with one attached hydrogen (secondary N) is 1. The molecule has 0 bridgehead atoms. The lowest BCUT2D eigenvalue weighted by molar-refractivity contribution is -0.120. The standard InChI is InChI=1S/C11H13N3O4/c12-10(14-16)4-11(15)13-5-7-1-2-8-9(3-7)18-6-17-8/h1-3,16H,4-6H2,(H2,12,14)(H,13,15). The molecule has 0 aromatic heterocycles. The van der Waals surface area contributed by atoms with Crippen LogP contribution in [0.4, 0.5) is 0 Å². The summed E-state index contributed by atoms with van der Waals surface area (Å²) in [5.74, 6) is 0.918. The number of nitrogens with zero attached hydrogens (tertiary/aromatic N) is 1. The highest BCUT2D eigenvalue weighted by Gasteiger charge is 2.13. The highest BCUT2D eigenvalue weighted by molar-refractivity contribution is 5.98. The molecule has 4 N–H and O–H groups in total. The maximum Gasteiger partial charge on any atom is 0.231 e. The molecule has 1 aromatic rings. The van der Waals surface area contributed by atoms with Crippen molar-refractivity contribution < 1.29 is 19.5 Å². The van der Waals surface area contributed by atoms with Gasteiger partial charge in [-0.05, 0) is 17.7 Å². The van der Waals surface area contributed by atoms with Gasteiger partial charge in [0.2, 0.25) is 12.7 Å². The zero-order chi connectivity index (χ0) is 13.0. The zero-order valence-corrected chi connectivity index (χ0v) is 9.55. The molecule has 2 rings (SSSR count). The van der Waals surface area contributed by atoms with Crippen molar-refractivity contribution in [2.24, 2.45) is 10.9 Å². The highest BCUT2D eigenvalue weighted by Crippen LogP contribution is 2.32. The first kappa shape index (κ1) is 12.0. The number of amides is 1. The number of ether oxygens (including phenoxy) is 2. The van der Waals surface area contributed by atoms with Crippen molar-refractivity contribution in [1.82, 2.24) is 5.32 Å². The van der Waals surface area contributed by atoms with E-state index in [1.54, 1.807) is 12.1 Å². The van der Waals surface area contributed by atoms with Crippen LogP contribution in [0.2, 0.25) is 0 Å². The van der Waals surface area contributed by atoms with Crippen LogP contribution in [0.3, 0.4) is 0 Å². The summed E-state index contributed by atoms with van der Waals surface area (Å²) in [5.41, 5.74) is 6.10. The minimum absolute atomic E-state index is 0.127. The Morgan fingerprint density at radius 2 is 2.22 bits per heavy atom. The number of amidine groups is 1. The second-order valence-electron chi connectivity index (χ2n) is 3.73. The Morgan fingerprint density at radius 1 is 1.44 bits per heavy atom. The zero-order valence-electron chi connectivity index (χ0n) is 9.55. The van der Waals surface area contributed by atoms with E-state index in [0.29, 0.717) is 18.0 Å². The van der Waals surface area contributed by atoms with E-state index in [-0.39, 0.29) is 25.0 Å². The van der Waals surface area contributed by atoms with Gasteiger partial charge in [0, 0.05) is 6.54 Å². The van der Waals surface area contributed by atoms with Crippen molar-refractivity contribution in [2.75, 3.05) is 6.79 Å². The predicted octanol–water partition coefficient (Wildman–Crippen LogP) is 0.168. The van der Waals surface area contributed by atoms with Crippen LogP contribution in [0.1, 0.15) is 12.0 Å². The number of carbonyl (C=O) groups excluding carboxylic acids is 1. The lowest BCUT2D eigenvalue weighted by Crippen LogP contribution is -2.28. The smallest absolute Gasteiger partial charge is 0.231 e. The Balaban J connectivity index is 1.89. The lowest BCUT2D eigenvalue weighted by atomic mass is 10.2. The summed E-state index contributed by atoms with van der Waals surface area (Å²) < 4.78 is 10.4. The maximum atomic E-state index is 11.4. The summed E-state index contributed by atoms with van der Waals surface area (Å²) in [7, 11) is 0. The Hall–Kier alpha value is -2.44. The molecule has 7 nitrogen and oxygen atoms in total. The predicted molar refractivity (Wildman–Crippen MR) is 62.4 cm³/mol. The molecule has 96 valence electrons. The second-order valence-corrected chi connectivity index (χ2v) is 3.73. The van der Waals surface area contributed by atoms with Crippen LogP contribution in [0, 0.1) is 0 Å². The monoisotopic (exact) mass is 251 g/mol. The van der Waals surface area contributed by atoms with Gasteiger partial charge in [-0.2, -0.15) is 0 Å². The van der Waals surface area contributed by atoms with Gasteiger partial charge in [0.25, 0.3) is 0 Å². The molecule has 1 aromatic carbocycles. The minimum Gasteiger partial charge on any atom is -0.454 e. The summed E-state index contributed by atoms with van der Waals surface area (Å²) in [5, 5.41) is 13.7. The van der Waals surface area contributed by atoms with E-state index in [1.165, 1.54) is 0 Å². The molecule has 0 unspecified atom stereocenters. The van der Waals surface area contributed by atoms with Crippen molar-refractivity contribution in [2.45, 2.75) is 13.0 Å². The van der Waals surface area contributed by atoms with Crippen LogP contribution in [0.5, 0.6) is 11.5 Å². The molecule has 0 saturated carbocycles. The Bertz CT molecular complexity index is 487. The van der Waals surface area contributed by atoms with Crippen molar-refractivity contribution >= 4 is 11.7 Å². The first-order chi connectivity index (χ1) is 8.69. The van der Waals surface area contributed by atoms with Crippen molar-refractivity contribution in [1.29, 1.82) is 0 Å². The number of nitrogens with two attached hydrogens (primary N) is 1.